The van der Waals surface area contributed by atoms with Gasteiger partial charge in [-0.2, -0.15) is 0 Å². The standard InChI is InChI=1S/C24H23N3O4S/c1-31-13-12-25-15-27(26-11-10-19(28)23(29)22(26)24(25)30)21-17-7-3-2-6-16(17)14-32-20-9-5-4-8-18(20)21/h2-11,21,29H,12-15H2,1H3. The van der Waals surface area contributed by atoms with Gasteiger partial charge in [0, 0.05) is 36.6 Å². The molecule has 0 spiro atoms. The van der Waals surface area contributed by atoms with E-state index in [1.54, 1.807) is 34.6 Å². The SMILES string of the molecule is COCCN1CN(C2c3ccccc3CSc3ccccc32)n2ccc(=O)c(O)c2C1=O. The highest BCUT2D eigenvalue weighted by atomic mass is 32.2. The summed E-state index contributed by atoms with van der Waals surface area (Å²) in [4.78, 5) is 28.2. The van der Waals surface area contributed by atoms with Crippen LogP contribution in [0.4, 0.5) is 0 Å². The number of methoxy groups -OCH3 is 1. The molecule has 0 aliphatic carbocycles. The van der Waals surface area contributed by atoms with Crippen molar-refractivity contribution in [1.82, 2.24) is 9.58 Å². The molecule has 1 aromatic heterocycles. The number of aromatic nitrogens is 1. The number of carbonyl (C=O) groups is 1. The van der Waals surface area contributed by atoms with Crippen LogP contribution in [0.25, 0.3) is 0 Å². The van der Waals surface area contributed by atoms with E-state index in [0.29, 0.717) is 13.2 Å². The molecule has 1 amide bonds. The van der Waals surface area contributed by atoms with Gasteiger partial charge in [0.05, 0.1) is 12.6 Å². The molecule has 7 nitrogen and oxygen atoms in total. The summed E-state index contributed by atoms with van der Waals surface area (Å²) in [6.45, 7) is 0.986. The Morgan fingerprint density at radius 1 is 1.06 bits per heavy atom. The molecule has 1 N–H and O–H groups in total. The summed E-state index contributed by atoms with van der Waals surface area (Å²) >= 11 is 1.79. The average Bonchev–Trinajstić information content (AvgIpc) is 2.98. The van der Waals surface area contributed by atoms with Crippen LogP contribution < -0.4 is 10.4 Å². The lowest BCUT2D eigenvalue weighted by Gasteiger charge is -2.44. The summed E-state index contributed by atoms with van der Waals surface area (Å²) in [5.41, 5.74) is 2.87. The van der Waals surface area contributed by atoms with Gasteiger partial charge in [0.25, 0.3) is 5.91 Å². The van der Waals surface area contributed by atoms with Crippen molar-refractivity contribution in [3.05, 3.63) is 93.4 Å². The van der Waals surface area contributed by atoms with Crippen LogP contribution in [0.5, 0.6) is 5.75 Å². The van der Waals surface area contributed by atoms with Gasteiger partial charge in [-0.3, -0.25) is 19.3 Å². The number of carbonyl (C=O) groups excluding carboxylic acids is 1. The number of benzene rings is 2. The van der Waals surface area contributed by atoms with Crippen LogP contribution >= 0.6 is 11.8 Å². The average molecular weight is 450 g/mol. The number of nitrogens with zero attached hydrogens (tertiary/aromatic N) is 3. The Morgan fingerprint density at radius 3 is 2.62 bits per heavy atom. The highest BCUT2D eigenvalue weighted by molar-refractivity contribution is 7.98. The van der Waals surface area contributed by atoms with E-state index in [1.807, 2.05) is 29.3 Å². The van der Waals surface area contributed by atoms with E-state index < -0.39 is 17.1 Å². The number of fused-ring (bicyclic) bond motifs is 3. The first-order chi connectivity index (χ1) is 15.6. The number of hydrogen-bond acceptors (Lipinski definition) is 6. The maximum Gasteiger partial charge on any atom is 0.277 e. The van der Waals surface area contributed by atoms with Crippen molar-refractivity contribution in [3.63, 3.8) is 0 Å². The molecule has 0 bridgehead atoms. The van der Waals surface area contributed by atoms with Gasteiger partial charge in [0.15, 0.2) is 11.4 Å². The van der Waals surface area contributed by atoms with E-state index in [1.165, 1.54) is 16.5 Å². The van der Waals surface area contributed by atoms with Crippen LogP contribution in [-0.2, 0) is 10.5 Å². The summed E-state index contributed by atoms with van der Waals surface area (Å²) in [6, 6.07) is 17.6. The summed E-state index contributed by atoms with van der Waals surface area (Å²) in [7, 11) is 1.58. The third-order valence-electron chi connectivity index (χ3n) is 5.95. The second kappa shape index (κ2) is 8.37. The molecular formula is C24H23N3O4S. The van der Waals surface area contributed by atoms with Gasteiger partial charge >= 0.3 is 0 Å². The van der Waals surface area contributed by atoms with Gasteiger partial charge in [-0.05, 0) is 22.8 Å². The molecule has 164 valence electrons. The van der Waals surface area contributed by atoms with Crippen LogP contribution in [0, 0.1) is 0 Å². The fourth-order valence-corrected chi connectivity index (χ4v) is 5.48. The Kier molecular flexibility index (Phi) is 5.40. The molecule has 32 heavy (non-hydrogen) atoms. The molecule has 1 atom stereocenters. The first kappa shape index (κ1) is 20.7. The van der Waals surface area contributed by atoms with Crippen molar-refractivity contribution >= 4 is 17.7 Å². The van der Waals surface area contributed by atoms with Gasteiger partial charge < -0.3 is 14.7 Å². The second-order valence-electron chi connectivity index (χ2n) is 7.79. The molecule has 0 saturated heterocycles. The van der Waals surface area contributed by atoms with Crippen LogP contribution in [0.1, 0.15) is 33.2 Å². The summed E-state index contributed by atoms with van der Waals surface area (Å²) in [5.74, 6) is -0.0844. The summed E-state index contributed by atoms with van der Waals surface area (Å²) in [5, 5.41) is 12.6. The molecule has 3 heterocycles. The normalized spacial score (nSPS) is 17.4. The number of rotatable bonds is 4. The minimum Gasteiger partial charge on any atom is -0.502 e. The van der Waals surface area contributed by atoms with E-state index in [4.69, 9.17) is 4.74 Å². The molecule has 0 radical (unpaired) electrons. The maximum atomic E-state index is 13.2. The fraction of sp³-hybridized carbons (Fsp3) is 0.250. The number of thioether (sulfide) groups is 1. The van der Waals surface area contributed by atoms with E-state index in [-0.39, 0.29) is 18.4 Å². The Balaban J connectivity index is 1.74. The van der Waals surface area contributed by atoms with E-state index in [9.17, 15) is 14.7 Å². The van der Waals surface area contributed by atoms with Crippen LogP contribution in [-0.4, -0.2) is 47.5 Å². The van der Waals surface area contributed by atoms with Gasteiger partial charge in [-0.15, -0.1) is 11.8 Å². The van der Waals surface area contributed by atoms with Crippen LogP contribution in [0.15, 0.2) is 70.5 Å². The van der Waals surface area contributed by atoms with E-state index >= 15 is 0 Å². The molecule has 0 saturated carbocycles. The highest BCUT2D eigenvalue weighted by Crippen LogP contribution is 2.42. The maximum absolute atomic E-state index is 13.2. The Morgan fingerprint density at radius 2 is 1.81 bits per heavy atom. The zero-order valence-corrected chi connectivity index (χ0v) is 18.4. The van der Waals surface area contributed by atoms with Gasteiger partial charge in [-0.25, -0.2) is 0 Å². The molecule has 2 aromatic carbocycles. The first-order valence-electron chi connectivity index (χ1n) is 10.4. The van der Waals surface area contributed by atoms with Gasteiger partial charge in [0.2, 0.25) is 5.43 Å². The van der Waals surface area contributed by atoms with Gasteiger partial charge in [-0.1, -0.05) is 42.5 Å². The Labute approximate surface area is 189 Å². The monoisotopic (exact) mass is 449 g/mol. The lowest BCUT2D eigenvalue weighted by atomic mass is 9.94. The number of ether oxygens (including phenoxy) is 1. The Bertz CT molecular complexity index is 1190. The highest BCUT2D eigenvalue weighted by Gasteiger charge is 2.38. The number of hydrogen-bond donors (Lipinski definition) is 1. The molecule has 2 aliphatic heterocycles. The number of aromatic hydroxyl groups is 1. The zero-order valence-electron chi connectivity index (χ0n) is 17.6. The van der Waals surface area contributed by atoms with Crippen LogP contribution in [0.2, 0.25) is 0 Å². The predicted molar refractivity (Wildman–Crippen MR) is 123 cm³/mol. The zero-order chi connectivity index (χ0) is 22.2. The second-order valence-corrected chi connectivity index (χ2v) is 8.81. The lowest BCUT2D eigenvalue weighted by molar-refractivity contribution is 0.0614. The minimum atomic E-state index is -0.574. The number of amides is 1. The predicted octanol–water partition coefficient (Wildman–Crippen LogP) is 2.95. The van der Waals surface area contributed by atoms with Crippen LogP contribution in [0.3, 0.4) is 0 Å². The summed E-state index contributed by atoms with van der Waals surface area (Å²) in [6.07, 6.45) is 1.58. The third kappa shape index (κ3) is 3.36. The molecular weight excluding hydrogens is 426 g/mol. The molecule has 2 aliphatic rings. The van der Waals surface area contributed by atoms with Gasteiger partial charge in [0.1, 0.15) is 6.67 Å². The van der Waals surface area contributed by atoms with E-state index in [0.717, 1.165) is 16.9 Å². The minimum absolute atomic E-state index is 0.0216. The third-order valence-corrected chi connectivity index (χ3v) is 7.08. The van der Waals surface area contributed by atoms with Crippen molar-refractivity contribution in [2.24, 2.45) is 0 Å². The molecule has 5 rings (SSSR count). The fourth-order valence-electron chi connectivity index (χ4n) is 4.38. The van der Waals surface area contributed by atoms with Crippen molar-refractivity contribution in [1.29, 1.82) is 0 Å². The first-order valence-corrected chi connectivity index (χ1v) is 11.4. The quantitative estimate of drug-likeness (QED) is 0.660. The van der Waals surface area contributed by atoms with Crippen molar-refractivity contribution in [3.8, 4) is 5.75 Å². The lowest BCUT2D eigenvalue weighted by Crippen LogP contribution is -2.56. The van der Waals surface area contributed by atoms with Crippen molar-refractivity contribution < 1.29 is 14.6 Å². The molecule has 8 heteroatoms. The Hall–Kier alpha value is -3.23. The molecule has 1 unspecified atom stereocenters. The largest absolute Gasteiger partial charge is 0.502 e. The molecule has 3 aromatic rings. The van der Waals surface area contributed by atoms with Crippen molar-refractivity contribution in [2.75, 3.05) is 31.9 Å². The topological polar surface area (TPSA) is 75.0 Å². The van der Waals surface area contributed by atoms with E-state index in [2.05, 4.69) is 24.3 Å². The molecule has 0 fully saturated rings. The smallest absolute Gasteiger partial charge is 0.277 e. The van der Waals surface area contributed by atoms with Crippen molar-refractivity contribution in [2.45, 2.75) is 16.7 Å². The number of pyridine rings is 1. The summed E-state index contributed by atoms with van der Waals surface area (Å²) < 4.78 is 6.84.